The molecule has 0 radical (unpaired) electrons. The lowest BCUT2D eigenvalue weighted by atomic mass is 10.1. The number of nitrogens with one attached hydrogen (secondary N) is 1. The maximum atomic E-state index is 12.0. The number of anilines is 2. The van der Waals surface area contributed by atoms with E-state index in [1.54, 1.807) is 19.1 Å². The van der Waals surface area contributed by atoms with Crippen molar-refractivity contribution in [2.45, 2.75) is 32.9 Å². The van der Waals surface area contributed by atoms with Gasteiger partial charge >= 0.3 is 6.18 Å². The molecule has 1 aromatic carbocycles. The smallest absolute Gasteiger partial charge is 0.389 e. The van der Waals surface area contributed by atoms with Gasteiger partial charge in [-0.3, -0.25) is 4.79 Å². The van der Waals surface area contributed by atoms with Gasteiger partial charge in [0.15, 0.2) is 0 Å². The van der Waals surface area contributed by atoms with E-state index in [1.165, 1.54) is 0 Å². The molecule has 3 nitrogen and oxygen atoms in total. The van der Waals surface area contributed by atoms with Crippen LogP contribution in [0, 0.1) is 13.8 Å². The number of halogens is 3. The third-order valence-corrected chi connectivity index (χ3v) is 2.67. The molecule has 0 atom stereocenters. The zero-order chi connectivity index (χ0) is 13.9. The summed E-state index contributed by atoms with van der Waals surface area (Å²) in [5.41, 5.74) is 8.09. The molecule has 0 aromatic heterocycles. The minimum atomic E-state index is -4.33. The zero-order valence-electron chi connectivity index (χ0n) is 10.2. The molecule has 0 saturated carbocycles. The maximum Gasteiger partial charge on any atom is 0.389 e. The molecule has 0 saturated heterocycles. The molecule has 0 heterocycles. The molecule has 6 heteroatoms. The summed E-state index contributed by atoms with van der Waals surface area (Å²) in [6.07, 6.45) is -6.07. The Balaban J connectivity index is 2.74. The van der Waals surface area contributed by atoms with Crippen LogP contribution in [0.1, 0.15) is 24.0 Å². The Labute approximate surface area is 103 Å². The van der Waals surface area contributed by atoms with E-state index < -0.39 is 24.9 Å². The van der Waals surface area contributed by atoms with Crippen molar-refractivity contribution in [3.63, 3.8) is 0 Å². The SMILES string of the molecule is Cc1ccc(N)c(NC(=O)CCC(F)(F)F)c1C. The number of hydrogen-bond acceptors (Lipinski definition) is 2. The summed E-state index contributed by atoms with van der Waals surface area (Å²) in [5.74, 6) is -0.687. The normalized spacial score (nSPS) is 11.4. The first-order valence-corrected chi connectivity index (χ1v) is 5.43. The van der Waals surface area contributed by atoms with E-state index in [4.69, 9.17) is 5.73 Å². The number of aryl methyl sites for hydroxylation is 1. The third kappa shape index (κ3) is 3.94. The van der Waals surface area contributed by atoms with E-state index in [2.05, 4.69) is 5.32 Å². The van der Waals surface area contributed by atoms with E-state index in [0.29, 0.717) is 11.4 Å². The van der Waals surface area contributed by atoms with Gasteiger partial charge in [0.2, 0.25) is 5.91 Å². The van der Waals surface area contributed by atoms with Crippen molar-refractivity contribution >= 4 is 17.3 Å². The van der Waals surface area contributed by atoms with Crippen LogP contribution in [0.15, 0.2) is 12.1 Å². The lowest BCUT2D eigenvalue weighted by Gasteiger charge is -2.13. The number of hydrogen-bond donors (Lipinski definition) is 2. The summed E-state index contributed by atoms with van der Waals surface area (Å²) in [4.78, 5) is 11.4. The lowest BCUT2D eigenvalue weighted by molar-refractivity contribution is -0.142. The van der Waals surface area contributed by atoms with Crippen LogP contribution in [0.2, 0.25) is 0 Å². The van der Waals surface area contributed by atoms with Crippen molar-refractivity contribution in [1.29, 1.82) is 0 Å². The fourth-order valence-corrected chi connectivity index (χ4v) is 1.46. The van der Waals surface area contributed by atoms with E-state index in [0.717, 1.165) is 11.1 Å². The summed E-state index contributed by atoms with van der Waals surface area (Å²) in [6.45, 7) is 3.59. The first-order valence-electron chi connectivity index (χ1n) is 5.43. The molecule has 1 amide bonds. The molecule has 100 valence electrons. The topological polar surface area (TPSA) is 55.1 Å². The first kappa shape index (κ1) is 14.3. The highest BCUT2D eigenvalue weighted by molar-refractivity contribution is 5.95. The van der Waals surface area contributed by atoms with Crippen LogP contribution in [-0.4, -0.2) is 12.1 Å². The zero-order valence-corrected chi connectivity index (χ0v) is 10.2. The second-order valence-corrected chi connectivity index (χ2v) is 4.14. The van der Waals surface area contributed by atoms with Crippen molar-refractivity contribution in [3.8, 4) is 0 Å². The van der Waals surface area contributed by atoms with Crippen molar-refractivity contribution in [2.75, 3.05) is 11.1 Å². The number of rotatable bonds is 3. The summed E-state index contributed by atoms with van der Waals surface area (Å²) in [7, 11) is 0. The second-order valence-electron chi connectivity index (χ2n) is 4.14. The minimum absolute atomic E-state index is 0.346. The number of alkyl halides is 3. The van der Waals surface area contributed by atoms with Gasteiger partial charge in [0.1, 0.15) is 0 Å². The maximum absolute atomic E-state index is 12.0. The van der Waals surface area contributed by atoms with Gasteiger partial charge in [0.25, 0.3) is 0 Å². The van der Waals surface area contributed by atoms with Crippen LogP contribution < -0.4 is 11.1 Å². The molecular weight excluding hydrogens is 245 g/mol. The Kier molecular flexibility index (Phi) is 4.21. The van der Waals surface area contributed by atoms with Gasteiger partial charge in [-0.1, -0.05) is 6.07 Å². The molecule has 1 rings (SSSR count). The quantitative estimate of drug-likeness (QED) is 0.820. The molecule has 0 aliphatic carbocycles. The van der Waals surface area contributed by atoms with Crippen LogP contribution in [0.25, 0.3) is 0 Å². The molecule has 0 unspecified atom stereocenters. The average molecular weight is 260 g/mol. The van der Waals surface area contributed by atoms with Crippen molar-refractivity contribution < 1.29 is 18.0 Å². The molecule has 18 heavy (non-hydrogen) atoms. The van der Waals surface area contributed by atoms with Crippen molar-refractivity contribution in [2.24, 2.45) is 0 Å². The largest absolute Gasteiger partial charge is 0.397 e. The van der Waals surface area contributed by atoms with E-state index in [-0.39, 0.29) is 0 Å². The van der Waals surface area contributed by atoms with Gasteiger partial charge < -0.3 is 11.1 Å². The average Bonchev–Trinajstić information content (AvgIpc) is 2.26. The molecule has 0 spiro atoms. The number of nitrogen functional groups attached to an aromatic ring is 1. The van der Waals surface area contributed by atoms with Crippen LogP contribution in [0.3, 0.4) is 0 Å². The fraction of sp³-hybridized carbons (Fsp3) is 0.417. The Hall–Kier alpha value is -1.72. The standard InChI is InChI=1S/C12H15F3N2O/c1-7-3-4-9(16)11(8(7)2)17-10(18)5-6-12(13,14)15/h3-4H,5-6,16H2,1-2H3,(H,17,18). The first-order chi connectivity index (χ1) is 8.20. The van der Waals surface area contributed by atoms with Gasteiger partial charge in [-0.2, -0.15) is 13.2 Å². The number of benzene rings is 1. The summed E-state index contributed by atoms with van der Waals surface area (Å²) in [5, 5.41) is 2.43. The monoisotopic (exact) mass is 260 g/mol. The number of carbonyl (C=O) groups is 1. The van der Waals surface area contributed by atoms with Crippen molar-refractivity contribution in [3.05, 3.63) is 23.3 Å². The Bertz CT molecular complexity index is 455. The number of nitrogens with two attached hydrogens (primary N) is 1. The van der Waals surface area contributed by atoms with Crippen LogP contribution in [-0.2, 0) is 4.79 Å². The molecular formula is C12H15F3N2O. The van der Waals surface area contributed by atoms with Gasteiger partial charge in [-0.15, -0.1) is 0 Å². The van der Waals surface area contributed by atoms with Crippen LogP contribution >= 0.6 is 0 Å². The fourth-order valence-electron chi connectivity index (χ4n) is 1.46. The molecule has 0 bridgehead atoms. The molecule has 0 fully saturated rings. The highest BCUT2D eigenvalue weighted by atomic mass is 19.4. The van der Waals surface area contributed by atoms with Gasteiger partial charge in [-0.05, 0) is 31.0 Å². The predicted molar refractivity (Wildman–Crippen MR) is 64.2 cm³/mol. The Morgan fingerprint density at radius 2 is 1.94 bits per heavy atom. The highest BCUT2D eigenvalue weighted by Crippen LogP contribution is 2.27. The second kappa shape index (κ2) is 5.29. The summed E-state index contributed by atoms with van der Waals surface area (Å²) >= 11 is 0. The summed E-state index contributed by atoms with van der Waals surface area (Å²) in [6, 6.07) is 3.40. The number of amides is 1. The van der Waals surface area contributed by atoms with E-state index >= 15 is 0 Å². The van der Waals surface area contributed by atoms with Gasteiger partial charge in [0.05, 0.1) is 17.8 Å². The molecule has 3 N–H and O–H groups in total. The Morgan fingerprint density at radius 3 is 2.50 bits per heavy atom. The highest BCUT2D eigenvalue weighted by Gasteiger charge is 2.28. The van der Waals surface area contributed by atoms with Crippen molar-refractivity contribution in [1.82, 2.24) is 0 Å². The summed E-state index contributed by atoms with van der Waals surface area (Å²) < 4.78 is 35.9. The minimum Gasteiger partial charge on any atom is -0.397 e. The van der Waals surface area contributed by atoms with Crippen LogP contribution in [0.4, 0.5) is 24.5 Å². The van der Waals surface area contributed by atoms with Gasteiger partial charge in [-0.25, -0.2) is 0 Å². The van der Waals surface area contributed by atoms with E-state index in [9.17, 15) is 18.0 Å². The number of carbonyl (C=O) groups excluding carboxylic acids is 1. The third-order valence-electron chi connectivity index (χ3n) is 2.67. The van der Waals surface area contributed by atoms with Crippen LogP contribution in [0.5, 0.6) is 0 Å². The van der Waals surface area contributed by atoms with Gasteiger partial charge in [0, 0.05) is 6.42 Å². The van der Waals surface area contributed by atoms with E-state index in [1.807, 2.05) is 6.92 Å². The lowest BCUT2D eigenvalue weighted by Crippen LogP contribution is -2.18. The molecule has 0 aliphatic rings. The Morgan fingerprint density at radius 1 is 1.33 bits per heavy atom. The molecule has 0 aliphatic heterocycles. The molecule has 1 aromatic rings. The predicted octanol–water partition coefficient (Wildman–Crippen LogP) is 3.17.